The van der Waals surface area contributed by atoms with Gasteiger partial charge in [0.05, 0.1) is 11.4 Å². The number of carbonyl (C=O) groups excluding carboxylic acids is 1. The zero-order valence-electron chi connectivity index (χ0n) is 25.2. The molecule has 8 N–H and O–H groups in total. The number of aromatic hydroxyl groups is 2. The summed E-state index contributed by atoms with van der Waals surface area (Å²) in [6, 6.07) is 20.0. The first-order valence-electron chi connectivity index (χ1n) is 14.3. The first-order chi connectivity index (χ1) is 23.6. The van der Waals surface area contributed by atoms with Crippen LogP contribution in [-0.2, 0) is 20.2 Å². The molecule has 0 atom stereocenters. The highest BCUT2D eigenvalue weighted by atomic mass is 32.2. The predicted octanol–water partition coefficient (Wildman–Crippen LogP) is 7.10. The summed E-state index contributed by atoms with van der Waals surface area (Å²) in [5.74, 6) is -1.55. The molecule has 0 spiro atoms. The van der Waals surface area contributed by atoms with E-state index >= 15 is 0 Å². The van der Waals surface area contributed by atoms with Crippen molar-refractivity contribution in [3.8, 4) is 22.6 Å². The number of fused-ring (bicyclic) bond motifs is 5. The van der Waals surface area contributed by atoms with E-state index in [0.29, 0.717) is 22.5 Å². The van der Waals surface area contributed by atoms with E-state index < -0.39 is 58.7 Å². The Hall–Kier alpha value is -6.27. The molecule has 0 bridgehead atoms. The highest BCUT2D eigenvalue weighted by molar-refractivity contribution is 7.86. The molecular formula is C33H22N6O9S2. The highest BCUT2D eigenvalue weighted by Crippen LogP contribution is 2.45. The monoisotopic (exact) mass is 710 g/mol. The minimum absolute atomic E-state index is 0.120. The van der Waals surface area contributed by atoms with Crippen molar-refractivity contribution >= 4 is 81.7 Å². The maximum Gasteiger partial charge on any atom is 0.296 e. The van der Waals surface area contributed by atoms with E-state index in [1.807, 2.05) is 0 Å². The lowest BCUT2D eigenvalue weighted by Crippen LogP contribution is -1.99. The summed E-state index contributed by atoms with van der Waals surface area (Å²) < 4.78 is 68.3. The molecule has 15 nitrogen and oxygen atoms in total. The van der Waals surface area contributed by atoms with Gasteiger partial charge in [-0.05, 0) is 94.7 Å². The molecule has 1 aliphatic carbocycles. The Balaban J connectivity index is 1.22. The van der Waals surface area contributed by atoms with Gasteiger partial charge in [0.2, 0.25) is 0 Å². The Kier molecular flexibility index (Phi) is 7.37. The van der Waals surface area contributed by atoms with Crippen molar-refractivity contribution in [1.82, 2.24) is 0 Å². The number of carbonyl (C=O) groups is 1. The molecule has 0 heterocycles. The molecule has 0 radical (unpaired) electrons. The number of phenols is 2. The van der Waals surface area contributed by atoms with Crippen molar-refractivity contribution in [3.05, 3.63) is 96.1 Å². The molecule has 6 aromatic rings. The van der Waals surface area contributed by atoms with Crippen molar-refractivity contribution < 1.29 is 40.9 Å². The normalized spacial score (nSPS) is 13.1. The van der Waals surface area contributed by atoms with Gasteiger partial charge in [-0.1, -0.05) is 12.1 Å². The molecule has 250 valence electrons. The molecule has 50 heavy (non-hydrogen) atoms. The van der Waals surface area contributed by atoms with Crippen LogP contribution in [0.1, 0.15) is 15.9 Å². The summed E-state index contributed by atoms with van der Waals surface area (Å²) in [6.45, 7) is 0. The van der Waals surface area contributed by atoms with Gasteiger partial charge in [-0.15, -0.1) is 10.2 Å². The second-order valence-corrected chi connectivity index (χ2v) is 14.0. The first-order valence-corrected chi connectivity index (χ1v) is 17.2. The lowest BCUT2D eigenvalue weighted by molar-refractivity contribution is 0.104. The molecule has 7 rings (SSSR count). The largest absolute Gasteiger partial charge is 0.505 e. The average Bonchev–Trinajstić information content (AvgIpc) is 3.32. The lowest BCUT2D eigenvalue weighted by Gasteiger charge is -2.09. The van der Waals surface area contributed by atoms with Crippen LogP contribution in [0.3, 0.4) is 0 Å². The second kappa shape index (κ2) is 11.4. The summed E-state index contributed by atoms with van der Waals surface area (Å²) in [6.07, 6.45) is 0. The van der Waals surface area contributed by atoms with Crippen LogP contribution in [0.15, 0.2) is 115 Å². The Morgan fingerprint density at radius 1 is 0.500 bits per heavy atom. The number of rotatable bonds is 6. The first kappa shape index (κ1) is 32.3. The molecule has 0 saturated carbocycles. The molecule has 17 heteroatoms. The second-order valence-electron chi connectivity index (χ2n) is 11.2. The molecule has 0 unspecified atom stereocenters. The maximum absolute atomic E-state index is 13.5. The van der Waals surface area contributed by atoms with Gasteiger partial charge in [0.1, 0.15) is 21.2 Å². The minimum atomic E-state index is -4.86. The molecule has 0 aliphatic heterocycles. The molecule has 0 fully saturated rings. The smallest absolute Gasteiger partial charge is 0.296 e. The molecule has 0 amide bonds. The Bertz CT molecular complexity index is 2600. The number of anilines is 2. The van der Waals surface area contributed by atoms with E-state index in [4.69, 9.17) is 11.5 Å². The Morgan fingerprint density at radius 3 is 1.28 bits per heavy atom. The van der Waals surface area contributed by atoms with E-state index in [2.05, 4.69) is 20.5 Å². The number of nitrogens with two attached hydrogens (primary N) is 2. The zero-order chi connectivity index (χ0) is 35.7. The van der Waals surface area contributed by atoms with Gasteiger partial charge in [0, 0.05) is 33.3 Å². The third-order valence-corrected chi connectivity index (χ3v) is 9.76. The van der Waals surface area contributed by atoms with Crippen LogP contribution in [0.5, 0.6) is 11.5 Å². The topological polar surface area (TPSA) is 268 Å². The molecule has 0 aromatic heterocycles. The van der Waals surface area contributed by atoms with E-state index in [1.54, 1.807) is 12.1 Å². The van der Waals surface area contributed by atoms with Crippen molar-refractivity contribution in [2.24, 2.45) is 20.5 Å². The van der Waals surface area contributed by atoms with E-state index in [1.165, 1.54) is 60.7 Å². The number of benzene rings is 6. The number of phenolic OH excluding ortho intramolecular Hbond substituents is 2. The summed E-state index contributed by atoms with van der Waals surface area (Å²) in [5.41, 5.74) is 12.9. The van der Waals surface area contributed by atoms with Crippen LogP contribution < -0.4 is 11.5 Å². The third kappa shape index (κ3) is 5.55. The van der Waals surface area contributed by atoms with Gasteiger partial charge in [0.25, 0.3) is 20.2 Å². The standard InChI is InChI=1S/C33H22N6O9S2/c34-17-1-5-21-15(9-17)11-27(49(43,44)45)29(32(21)41)38-36-19-3-7-23-24-8-4-20(14-26(24)31(40)25(23)13-19)37-39-30-28(50(46,47)48)12-16-10-18(35)2-6-22(16)33(30)42/h1-14,41-42H,34-35H2,(H,43,44,45)(H,46,47,48). The van der Waals surface area contributed by atoms with E-state index in [0.717, 1.165) is 12.1 Å². The molecule has 0 saturated heterocycles. The summed E-state index contributed by atoms with van der Waals surface area (Å²) >= 11 is 0. The van der Waals surface area contributed by atoms with Crippen LogP contribution in [0.2, 0.25) is 0 Å². The average molecular weight is 711 g/mol. The third-order valence-electron chi connectivity index (χ3n) is 8.02. The zero-order valence-corrected chi connectivity index (χ0v) is 26.8. The fraction of sp³-hybridized carbons (Fsp3) is 0. The predicted molar refractivity (Wildman–Crippen MR) is 183 cm³/mol. The number of hydrogen-bond acceptors (Lipinski definition) is 13. The van der Waals surface area contributed by atoms with E-state index in [-0.39, 0.29) is 44.0 Å². The summed E-state index contributed by atoms with van der Waals surface area (Å²) in [5, 5.41) is 38.5. The number of azo groups is 2. The van der Waals surface area contributed by atoms with Gasteiger partial charge in [0.15, 0.2) is 17.3 Å². The highest BCUT2D eigenvalue weighted by Gasteiger charge is 2.28. The van der Waals surface area contributed by atoms with Gasteiger partial charge >= 0.3 is 0 Å². The van der Waals surface area contributed by atoms with Crippen LogP contribution in [-0.4, -0.2) is 41.9 Å². The number of nitrogen functional groups attached to an aromatic ring is 2. The fourth-order valence-electron chi connectivity index (χ4n) is 5.72. The fourth-order valence-corrected chi connectivity index (χ4v) is 7.04. The molecule has 6 aromatic carbocycles. The maximum atomic E-state index is 13.5. The van der Waals surface area contributed by atoms with Gasteiger partial charge < -0.3 is 21.7 Å². The SMILES string of the molecule is Nc1ccc2c(O)c(N=Nc3ccc4c(c3)C(=O)c3cc(N=Nc5c(S(=O)(=O)O)cc6cc(N)ccc6c5O)ccc3-4)c(S(=O)(=O)O)cc2c1. The molecular weight excluding hydrogens is 689 g/mol. The van der Waals surface area contributed by atoms with Gasteiger partial charge in [-0.25, -0.2) is 0 Å². The van der Waals surface area contributed by atoms with Crippen LogP contribution in [0.25, 0.3) is 32.7 Å². The van der Waals surface area contributed by atoms with Crippen molar-refractivity contribution in [2.45, 2.75) is 9.79 Å². The van der Waals surface area contributed by atoms with Gasteiger partial charge in [-0.3, -0.25) is 13.9 Å². The number of ketones is 1. The van der Waals surface area contributed by atoms with Crippen LogP contribution in [0.4, 0.5) is 34.1 Å². The van der Waals surface area contributed by atoms with Crippen molar-refractivity contribution in [3.63, 3.8) is 0 Å². The number of nitrogens with zero attached hydrogens (tertiary/aromatic N) is 4. The quantitative estimate of drug-likeness (QED) is 0.0575. The number of hydrogen-bond donors (Lipinski definition) is 6. The summed E-state index contributed by atoms with van der Waals surface area (Å²) in [7, 11) is -9.71. The van der Waals surface area contributed by atoms with Crippen LogP contribution in [0, 0.1) is 0 Å². The minimum Gasteiger partial charge on any atom is -0.505 e. The Labute approximate surface area is 282 Å². The summed E-state index contributed by atoms with van der Waals surface area (Å²) in [4.78, 5) is 12.1. The molecule has 1 aliphatic rings. The van der Waals surface area contributed by atoms with Crippen molar-refractivity contribution in [2.75, 3.05) is 11.5 Å². The van der Waals surface area contributed by atoms with Crippen LogP contribution >= 0.6 is 0 Å². The van der Waals surface area contributed by atoms with Crippen molar-refractivity contribution in [1.29, 1.82) is 0 Å². The Morgan fingerprint density at radius 2 is 0.900 bits per heavy atom. The van der Waals surface area contributed by atoms with Gasteiger partial charge in [-0.2, -0.15) is 27.1 Å². The lowest BCUT2D eigenvalue weighted by atomic mass is 10.1. The van der Waals surface area contributed by atoms with E-state index in [9.17, 15) is 40.9 Å².